The van der Waals surface area contributed by atoms with E-state index in [1.807, 2.05) is 0 Å². The second-order valence-corrected chi connectivity index (χ2v) is 4.54. The third-order valence-electron chi connectivity index (χ3n) is 2.83. The summed E-state index contributed by atoms with van der Waals surface area (Å²) in [4.78, 5) is 10.4. The van der Waals surface area contributed by atoms with Gasteiger partial charge in [0.25, 0.3) is 0 Å². The number of Topliss-reactive ketones (excluding diaryl/α,β-unsaturated/α-hetero) is 1. The van der Waals surface area contributed by atoms with E-state index in [1.165, 1.54) is 38.5 Å². The van der Waals surface area contributed by atoms with Gasteiger partial charge in [-0.1, -0.05) is 58.8 Å². The van der Waals surface area contributed by atoms with Crippen LogP contribution in [0.1, 0.15) is 72.1 Å². The molecule has 0 radical (unpaired) electrons. The predicted molar refractivity (Wildman–Crippen MR) is 62.5 cm³/mol. The molecule has 0 aromatic heterocycles. The molecule has 14 heavy (non-hydrogen) atoms. The van der Waals surface area contributed by atoms with E-state index in [4.69, 9.17) is 0 Å². The minimum atomic E-state index is 0.305. The molecular weight excluding hydrogens is 172 g/mol. The molecule has 1 aliphatic carbocycles. The smallest absolute Gasteiger partial charge is 0.130 e. The molecule has 0 aliphatic heterocycles. The first-order valence-electron chi connectivity index (χ1n) is 6.16. The number of hydrogen-bond donors (Lipinski definition) is 0. The van der Waals surface area contributed by atoms with Gasteiger partial charge >= 0.3 is 0 Å². The van der Waals surface area contributed by atoms with Gasteiger partial charge in [-0.3, -0.25) is 0 Å². The monoisotopic (exact) mass is 198 g/mol. The molecule has 0 saturated heterocycles. The minimum absolute atomic E-state index is 0.305. The maximum Gasteiger partial charge on any atom is 0.130 e. The molecule has 0 bridgehead atoms. The van der Waals surface area contributed by atoms with Gasteiger partial charge in [0.15, 0.2) is 0 Å². The van der Waals surface area contributed by atoms with Crippen LogP contribution in [0.2, 0.25) is 0 Å². The summed E-state index contributed by atoms with van der Waals surface area (Å²) in [5.41, 5.74) is 0. The van der Waals surface area contributed by atoms with Crippen molar-refractivity contribution in [3.63, 3.8) is 0 Å². The van der Waals surface area contributed by atoms with Crippen molar-refractivity contribution in [2.75, 3.05) is 0 Å². The molecule has 1 rings (SSSR count). The Hall–Kier alpha value is -0.330. The van der Waals surface area contributed by atoms with E-state index in [2.05, 4.69) is 13.8 Å². The predicted octanol–water partition coefficient (Wildman–Crippen LogP) is 4.35. The fourth-order valence-electron chi connectivity index (χ4n) is 1.70. The molecule has 1 atom stereocenters. The summed E-state index contributed by atoms with van der Waals surface area (Å²) in [5.74, 6) is 0.881. The van der Waals surface area contributed by atoms with Crippen LogP contribution in [0.25, 0.3) is 0 Å². The lowest BCUT2D eigenvalue weighted by atomic mass is 10.0. The second-order valence-electron chi connectivity index (χ2n) is 4.54. The van der Waals surface area contributed by atoms with Gasteiger partial charge in [0.1, 0.15) is 5.78 Å². The topological polar surface area (TPSA) is 17.1 Å². The highest BCUT2D eigenvalue weighted by atomic mass is 16.1. The van der Waals surface area contributed by atoms with Gasteiger partial charge in [-0.2, -0.15) is 0 Å². The first-order valence-corrected chi connectivity index (χ1v) is 6.16. The molecule has 84 valence electrons. The number of carbonyl (C=O) groups excluding carboxylic acids is 1. The van der Waals surface area contributed by atoms with E-state index >= 15 is 0 Å². The fraction of sp³-hybridized carbons (Fsp3) is 0.923. The summed E-state index contributed by atoms with van der Waals surface area (Å²) < 4.78 is 0. The van der Waals surface area contributed by atoms with Crippen LogP contribution in [0.5, 0.6) is 0 Å². The summed E-state index contributed by atoms with van der Waals surface area (Å²) in [7, 11) is 0. The molecule has 0 aromatic carbocycles. The second kappa shape index (κ2) is 9.23. The Labute approximate surface area is 89.3 Å². The summed E-state index contributed by atoms with van der Waals surface area (Å²) in [5, 5.41) is 0. The standard InChI is InChI=1S/C7H14O.C6H12/c1-4-6(2)5-7(3)8;1-2-4-6-5-3-1/h6H,4-5H2,1-3H3;1-6H2. The zero-order chi connectivity index (χ0) is 10.8. The third-order valence-corrected chi connectivity index (χ3v) is 2.83. The van der Waals surface area contributed by atoms with Gasteiger partial charge in [-0.25, -0.2) is 0 Å². The van der Waals surface area contributed by atoms with Crippen molar-refractivity contribution >= 4 is 5.78 Å². The molecule has 0 N–H and O–H groups in total. The van der Waals surface area contributed by atoms with Crippen molar-refractivity contribution < 1.29 is 4.79 Å². The SMILES string of the molecule is C1CCCCC1.CCC(C)CC(C)=O. The van der Waals surface area contributed by atoms with Crippen LogP contribution >= 0.6 is 0 Å². The fourth-order valence-corrected chi connectivity index (χ4v) is 1.70. The zero-order valence-corrected chi connectivity index (χ0v) is 10.1. The largest absolute Gasteiger partial charge is 0.300 e. The Balaban J connectivity index is 0.000000249. The van der Waals surface area contributed by atoms with Crippen molar-refractivity contribution in [2.24, 2.45) is 5.92 Å². The molecule has 1 aliphatic rings. The quantitative estimate of drug-likeness (QED) is 0.659. The molecule has 1 fully saturated rings. The first-order chi connectivity index (χ1) is 6.66. The maximum absolute atomic E-state index is 10.4. The highest BCUT2D eigenvalue weighted by Gasteiger charge is 2.00. The highest BCUT2D eigenvalue weighted by molar-refractivity contribution is 5.75. The molecule has 0 amide bonds. The van der Waals surface area contributed by atoms with Gasteiger partial charge < -0.3 is 4.79 Å². The van der Waals surface area contributed by atoms with Gasteiger partial charge in [0.2, 0.25) is 0 Å². The lowest BCUT2D eigenvalue weighted by molar-refractivity contribution is -0.117. The summed E-state index contributed by atoms with van der Waals surface area (Å²) >= 11 is 0. The molecule has 1 heteroatoms. The lowest BCUT2D eigenvalue weighted by Gasteiger charge is -2.05. The van der Waals surface area contributed by atoms with Crippen LogP contribution < -0.4 is 0 Å². The highest BCUT2D eigenvalue weighted by Crippen LogP contribution is 2.15. The molecule has 0 heterocycles. The molecule has 1 nitrogen and oxygen atoms in total. The van der Waals surface area contributed by atoms with Gasteiger partial charge in [-0.05, 0) is 12.8 Å². The lowest BCUT2D eigenvalue weighted by Crippen LogP contribution is -1.98. The number of hydrogen-bond acceptors (Lipinski definition) is 1. The first kappa shape index (κ1) is 13.7. The van der Waals surface area contributed by atoms with Crippen molar-refractivity contribution in [1.82, 2.24) is 0 Å². The molecule has 1 unspecified atom stereocenters. The third kappa shape index (κ3) is 9.76. The maximum atomic E-state index is 10.4. The van der Waals surface area contributed by atoms with Gasteiger partial charge in [0.05, 0.1) is 0 Å². The van der Waals surface area contributed by atoms with Crippen molar-refractivity contribution in [3.05, 3.63) is 0 Å². The Bertz CT molecular complexity index is 125. The van der Waals surface area contributed by atoms with Crippen LogP contribution in [0.4, 0.5) is 0 Å². The van der Waals surface area contributed by atoms with E-state index in [1.54, 1.807) is 6.92 Å². The Kier molecular flexibility index (Phi) is 9.02. The average molecular weight is 198 g/mol. The summed E-state index contributed by atoms with van der Waals surface area (Å²) in [6.07, 6.45) is 10.9. The van der Waals surface area contributed by atoms with Crippen LogP contribution in [0.3, 0.4) is 0 Å². The van der Waals surface area contributed by atoms with E-state index in [9.17, 15) is 4.79 Å². The molecule has 1 saturated carbocycles. The Morgan fingerprint density at radius 2 is 1.43 bits per heavy atom. The van der Waals surface area contributed by atoms with E-state index in [-0.39, 0.29) is 0 Å². The number of ketones is 1. The van der Waals surface area contributed by atoms with Crippen molar-refractivity contribution in [3.8, 4) is 0 Å². The van der Waals surface area contributed by atoms with Crippen LogP contribution in [0, 0.1) is 5.92 Å². The van der Waals surface area contributed by atoms with Gasteiger partial charge in [0, 0.05) is 6.42 Å². The van der Waals surface area contributed by atoms with E-state index in [0.717, 1.165) is 12.8 Å². The minimum Gasteiger partial charge on any atom is -0.300 e. The molecular formula is C13H26O. The number of rotatable bonds is 3. The average Bonchev–Trinajstić information content (AvgIpc) is 2.20. The molecule has 0 spiro atoms. The van der Waals surface area contributed by atoms with Crippen LogP contribution in [0.15, 0.2) is 0 Å². The van der Waals surface area contributed by atoms with Crippen LogP contribution in [-0.2, 0) is 4.79 Å². The van der Waals surface area contributed by atoms with Gasteiger partial charge in [-0.15, -0.1) is 0 Å². The summed E-state index contributed by atoms with van der Waals surface area (Å²) in [6, 6.07) is 0. The number of carbonyl (C=O) groups is 1. The van der Waals surface area contributed by atoms with Crippen molar-refractivity contribution in [2.45, 2.75) is 72.1 Å². The Morgan fingerprint density at radius 3 is 1.57 bits per heavy atom. The zero-order valence-electron chi connectivity index (χ0n) is 10.1. The van der Waals surface area contributed by atoms with E-state index in [0.29, 0.717) is 11.7 Å². The normalized spacial score (nSPS) is 17.9. The summed E-state index contributed by atoms with van der Waals surface area (Å²) in [6.45, 7) is 5.85. The van der Waals surface area contributed by atoms with Crippen molar-refractivity contribution in [1.29, 1.82) is 0 Å². The Morgan fingerprint density at radius 1 is 1.07 bits per heavy atom. The molecule has 0 aromatic rings. The van der Waals surface area contributed by atoms with E-state index < -0.39 is 0 Å². The van der Waals surface area contributed by atoms with Crippen LogP contribution in [-0.4, -0.2) is 5.78 Å².